The summed E-state index contributed by atoms with van der Waals surface area (Å²) >= 11 is 0. The van der Waals surface area contributed by atoms with Crippen LogP contribution in [0.3, 0.4) is 0 Å². The zero-order valence-electron chi connectivity index (χ0n) is 12.7. The Labute approximate surface area is 102 Å². The molecule has 0 saturated heterocycles. The average molecular weight is 226 g/mol. The SMILES string of the molecule is CC(C)(C)/N=C/CN(C(C)(C)C)C(C)(C)C. The van der Waals surface area contributed by atoms with Gasteiger partial charge in [0.2, 0.25) is 0 Å². The van der Waals surface area contributed by atoms with Crippen molar-refractivity contribution in [3.8, 4) is 0 Å². The van der Waals surface area contributed by atoms with E-state index in [1.165, 1.54) is 0 Å². The summed E-state index contributed by atoms with van der Waals surface area (Å²) in [7, 11) is 0. The number of hydrogen-bond donors (Lipinski definition) is 0. The fourth-order valence-electron chi connectivity index (χ4n) is 1.95. The molecule has 96 valence electrons. The highest BCUT2D eigenvalue weighted by Crippen LogP contribution is 2.23. The highest BCUT2D eigenvalue weighted by atomic mass is 15.2. The van der Waals surface area contributed by atoms with Crippen molar-refractivity contribution in [3.05, 3.63) is 0 Å². The highest BCUT2D eigenvalue weighted by molar-refractivity contribution is 5.60. The van der Waals surface area contributed by atoms with Crippen molar-refractivity contribution in [2.24, 2.45) is 4.99 Å². The van der Waals surface area contributed by atoms with Gasteiger partial charge >= 0.3 is 0 Å². The molecule has 0 saturated carbocycles. The molecule has 0 rings (SSSR count). The third-order valence-corrected chi connectivity index (χ3v) is 2.36. The summed E-state index contributed by atoms with van der Waals surface area (Å²) in [6, 6.07) is 0. The Morgan fingerprint density at radius 1 is 0.812 bits per heavy atom. The van der Waals surface area contributed by atoms with Gasteiger partial charge in [0, 0.05) is 23.8 Å². The van der Waals surface area contributed by atoms with Gasteiger partial charge in [0.1, 0.15) is 0 Å². The number of nitrogens with zero attached hydrogens (tertiary/aromatic N) is 2. The lowest BCUT2D eigenvalue weighted by molar-refractivity contribution is 0.0576. The lowest BCUT2D eigenvalue weighted by Gasteiger charge is -2.44. The fraction of sp³-hybridized carbons (Fsp3) is 0.929. The molecule has 0 fully saturated rings. The van der Waals surface area contributed by atoms with Crippen LogP contribution < -0.4 is 0 Å². The van der Waals surface area contributed by atoms with Gasteiger partial charge in [-0.3, -0.25) is 9.89 Å². The van der Waals surface area contributed by atoms with Crippen LogP contribution >= 0.6 is 0 Å². The highest BCUT2D eigenvalue weighted by Gasteiger charge is 2.30. The normalized spacial score (nSPS) is 15.1. The Morgan fingerprint density at radius 3 is 1.44 bits per heavy atom. The molecule has 0 aromatic heterocycles. The Hall–Kier alpha value is -0.370. The molecule has 16 heavy (non-hydrogen) atoms. The van der Waals surface area contributed by atoms with Crippen molar-refractivity contribution in [2.75, 3.05) is 6.54 Å². The lowest BCUT2D eigenvalue weighted by Crippen LogP contribution is -2.53. The molecule has 0 aromatic rings. The van der Waals surface area contributed by atoms with Gasteiger partial charge in [-0.2, -0.15) is 0 Å². The van der Waals surface area contributed by atoms with Crippen molar-refractivity contribution < 1.29 is 0 Å². The van der Waals surface area contributed by atoms with Crippen molar-refractivity contribution in [3.63, 3.8) is 0 Å². The molecule has 2 heteroatoms. The summed E-state index contributed by atoms with van der Waals surface area (Å²) in [5.41, 5.74) is 0.367. The van der Waals surface area contributed by atoms with Gasteiger partial charge in [0.15, 0.2) is 0 Å². The van der Waals surface area contributed by atoms with Gasteiger partial charge in [-0.15, -0.1) is 0 Å². The largest absolute Gasteiger partial charge is 0.290 e. The van der Waals surface area contributed by atoms with Gasteiger partial charge in [0.05, 0.1) is 5.54 Å². The standard InChI is InChI=1S/C14H30N2/c1-12(2,3)15-10-11-16(13(4,5)6)14(7,8)9/h10H,11H2,1-9H3/b15-10+. The summed E-state index contributed by atoms with van der Waals surface area (Å²) in [5.74, 6) is 0. The van der Waals surface area contributed by atoms with Gasteiger partial charge in [-0.25, -0.2) is 0 Å². The second-order valence-corrected chi connectivity index (χ2v) is 7.43. The van der Waals surface area contributed by atoms with Crippen LogP contribution in [-0.4, -0.2) is 34.3 Å². The quantitative estimate of drug-likeness (QED) is 0.655. The fourth-order valence-corrected chi connectivity index (χ4v) is 1.95. The Kier molecular flexibility index (Phi) is 4.75. The molecule has 0 unspecified atom stereocenters. The maximum Gasteiger partial charge on any atom is 0.0520 e. The molecular formula is C14H30N2. The lowest BCUT2D eigenvalue weighted by atomic mass is 9.96. The van der Waals surface area contributed by atoms with E-state index in [1.807, 2.05) is 0 Å². The second kappa shape index (κ2) is 4.87. The van der Waals surface area contributed by atoms with Crippen LogP contribution in [-0.2, 0) is 0 Å². The van der Waals surface area contributed by atoms with E-state index in [1.54, 1.807) is 0 Å². The van der Waals surface area contributed by atoms with Crippen molar-refractivity contribution in [2.45, 2.75) is 78.9 Å². The molecule has 0 bridgehead atoms. The first-order chi connectivity index (χ1) is 6.84. The third-order valence-electron chi connectivity index (χ3n) is 2.36. The van der Waals surface area contributed by atoms with Gasteiger partial charge in [-0.05, 0) is 62.3 Å². The zero-order valence-corrected chi connectivity index (χ0v) is 12.7. The summed E-state index contributed by atoms with van der Waals surface area (Å²) in [4.78, 5) is 7.02. The van der Waals surface area contributed by atoms with E-state index < -0.39 is 0 Å². The van der Waals surface area contributed by atoms with E-state index in [2.05, 4.69) is 78.4 Å². The predicted octanol–water partition coefficient (Wildman–Crippen LogP) is 3.75. The molecule has 0 aliphatic rings. The van der Waals surface area contributed by atoms with Crippen LogP contribution in [0.25, 0.3) is 0 Å². The molecule has 2 nitrogen and oxygen atoms in total. The van der Waals surface area contributed by atoms with Crippen LogP contribution in [0, 0.1) is 0 Å². The molecule has 0 aliphatic carbocycles. The molecule has 0 spiro atoms. The zero-order chi connectivity index (χ0) is 13.2. The van der Waals surface area contributed by atoms with E-state index in [0.717, 1.165) is 6.54 Å². The topological polar surface area (TPSA) is 15.6 Å². The van der Waals surface area contributed by atoms with Crippen molar-refractivity contribution >= 4 is 6.21 Å². The first-order valence-corrected chi connectivity index (χ1v) is 6.15. The van der Waals surface area contributed by atoms with E-state index in [9.17, 15) is 0 Å². The van der Waals surface area contributed by atoms with Crippen LogP contribution in [0.15, 0.2) is 4.99 Å². The van der Waals surface area contributed by atoms with Gasteiger partial charge in [0.25, 0.3) is 0 Å². The third kappa shape index (κ3) is 6.26. The van der Waals surface area contributed by atoms with E-state index >= 15 is 0 Å². The van der Waals surface area contributed by atoms with Gasteiger partial charge in [-0.1, -0.05) is 0 Å². The van der Waals surface area contributed by atoms with Crippen molar-refractivity contribution in [1.82, 2.24) is 4.90 Å². The molecule has 0 heterocycles. The minimum absolute atomic E-state index is 0.0292. The van der Waals surface area contributed by atoms with E-state index in [-0.39, 0.29) is 16.6 Å². The van der Waals surface area contributed by atoms with Crippen LogP contribution in [0.2, 0.25) is 0 Å². The molecule has 0 N–H and O–H groups in total. The first kappa shape index (κ1) is 15.6. The monoisotopic (exact) mass is 226 g/mol. The van der Waals surface area contributed by atoms with E-state index in [0.29, 0.717) is 0 Å². The number of hydrogen-bond acceptors (Lipinski definition) is 2. The maximum absolute atomic E-state index is 4.56. The summed E-state index contributed by atoms with van der Waals surface area (Å²) in [6.45, 7) is 20.8. The number of aliphatic imine (C=N–C) groups is 1. The summed E-state index contributed by atoms with van der Waals surface area (Å²) in [6.07, 6.45) is 2.05. The Morgan fingerprint density at radius 2 is 1.19 bits per heavy atom. The summed E-state index contributed by atoms with van der Waals surface area (Å²) in [5, 5.41) is 0. The second-order valence-electron chi connectivity index (χ2n) is 7.43. The van der Waals surface area contributed by atoms with Crippen LogP contribution in [0.5, 0.6) is 0 Å². The summed E-state index contributed by atoms with van der Waals surface area (Å²) < 4.78 is 0. The smallest absolute Gasteiger partial charge is 0.0520 e. The molecule has 0 amide bonds. The Balaban J connectivity index is 4.67. The molecule has 0 radical (unpaired) electrons. The predicted molar refractivity (Wildman–Crippen MR) is 74.5 cm³/mol. The molecular weight excluding hydrogens is 196 g/mol. The number of rotatable bonds is 2. The maximum atomic E-state index is 4.56. The van der Waals surface area contributed by atoms with E-state index in [4.69, 9.17) is 0 Å². The Bertz CT molecular complexity index is 219. The van der Waals surface area contributed by atoms with Gasteiger partial charge < -0.3 is 0 Å². The molecule has 0 aliphatic heterocycles. The van der Waals surface area contributed by atoms with Crippen molar-refractivity contribution in [1.29, 1.82) is 0 Å². The minimum atomic E-state index is 0.0292. The van der Waals surface area contributed by atoms with Crippen LogP contribution in [0.4, 0.5) is 0 Å². The average Bonchev–Trinajstić information content (AvgIpc) is 1.90. The molecule has 0 aromatic carbocycles. The molecule has 0 atom stereocenters. The van der Waals surface area contributed by atoms with Crippen LogP contribution in [0.1, 0.15) is 62.3 Å². The minimum Gasteiger partial charge on any atom is -0.290 e. The first-order valence-electron chi connectivity index (χ1n) is 6.15.